The van der Waals surface area contributed by atoms with Crippen LogP contribution in [0.4, 0.5) is 5.69 Å². The van der Waals surface area contributed by atoms with Crippen LogP contribution in [0.1, 0.15) is 44.6 Å². The van der Waals surface area contributed by atoms with Gasteiger partial charge in [-0.3, -0.25) is 4.90 Å². The third-order valence-corrected chi connectivity index (χ3v) is 4.28. The largest absolute Gasteiger partial charge is 0.398 e. The van der Waals surface area contributed by atoms with Crippen LogP contribution in [-0.4, -0.2) is 17.5 Å². The molecule has 1 aliphatic rings. The van der Waals surface area contributed by atoms with Crippen molar-refractivity contribution in [3.63, 3.8) is 0 Å². The molecule has 1 aromatic carbocycles. The highest BCUT2D eigenvalue weighted by atomic mass is 35.5. The van der Waals surface area contributed by atoms with Gasteiger partial charge in [-0.15, -0.1) is 0 Å². The van der Waals surface area contributed by atoms with Crippen molar-refractivity contribution in [3.8, 4) is 0 Å². The average Bonchev–Trinajstić information content (AvgIpc) is 2.41. The first-order chi connectivity index (χ1) is 8.70. The Bertz CT molecular complexity index is 386. The van der Waals surface area contributed by atoms with Crippen molar-refractivity contribution in [2.45, 2.75) is 51.6 Å². The Labute approximate surface area is 115 Å². The number of halogens is 1. The quantitative estimate of drug-likeness (QED) is 0.832. The molecule has 100 valence electrons. The van der Waals surface area contributed by atoms with E-state index in [4.69, 9.17) is 17.3 Å². The summed E-state index contributed by atoms with van der Waals surface area (Å²) in [6.07, 6.45) is 6.85. The highest BCUT2D eigenvalue weighted by molar-refractivity contribution is 6.33. The van der Waals surface area contributed by atoms with Crippen molar-refractivity contribution < 1.29 is 0 Å². The monoisotopic (exact) mass is 266 g/mol. The maximum Gasteiger partial charge on any atom is 0.0638 e. The summed E-state index contributed by atoms with van der Waals surface area (Å²) in [6.45, 7) is 4.33. The number of anilines is 1. The Kier molecular flexibility index (Phi) is 4.90. The standard InChI is InChI=1S/C15H23ClN2/c1-2-18(13-6-4-3-5-7-13)11-12-8-9-15(17)14(16)10-12/h8-10,13H,2-7,11,17H2,1H3. The van der Waals surface area contributed by atoms with Gasteiger partial charge in [0.15, 0.2) is 0 Å². The Morgan fingerprint density at radius 2 is 2.00 bits per heavy atom. The Balaban J connectivity index is 2.02. The van der Waals surface area contributed by atoms with E-state index in [1.807, 2.05) is 12.1 Å². The molecule has 18 heavy (non-hydrogen) atoms. The van der Waals surface area contributed by atoms with Crippen LogP contribution in [0, 0.1) is 0 Å². The van der Waals surface area contributed by atoms with Gasteiger partial charge in [0.2, 0.25) is 0 Å². The van der Waals surface area contributed by atoms with Crippen molar-refractivity contribution in [2.24, 2.45) is 0 Å². The Hall–Kier alpha value is -0.730. The minimum atomic E-state index is 0.668. The van der Waals surface area contributed by atoms with Gasteiger partial charge >= 0.3 is 0 Å². The number of rotatable bonds is 4. The number of nitrogens with two attached hydrogens (primary N) is 1. The minimum absolute atomic E-state index is 0.668. The van der Waals surface area contributed by atoms with E-state index in [1.165, 1.54) is 37.7 Å². The van der Waals surface area contributed by atoms with Crippen molar-refractivity contribution >= 4 is 17.3 Å². The first-order valence-electron chi connectivity index (χ1n) is 6.98. The van der Waals surface area contributed by atoms with Gasteiger partial charge in [-0.25, -0.2) is 0 Å². The van der Waals surface area contributed by atoms with Crippen LogP contribution in [0.2, 0.25) is 5.02 Å². The van der Waals surface area contributed by atoms with Crippen LogP contribution < -0.4 is 5.73 Å². The van der Waals surface area contributed by atoms with E-state index in [0.29, 0.717) is 10.7 Å². The van der Waals surface area contributed by atoms with Crippen LogP contribution >= 0.6 is 11.6 Å². The van der Waals surface area contributed by atoms with Gasteiger partial charge in [-0.2, -0.15) is 0 Å². The van der Waals surface area contributed by atoms with Crippen LogP contribution in [0.25, 0.3) is 0 Å². The third kappa shape index (κ3) is 3.39. The van der Waals surface area contributed by atoms with Crippen LogP contribution in [-0.2, 0) is 6.54 Å². The molecule has 0 amide bonds. The molecule has 0 aromatic heterocycles. The molecule has 1 saturated carbocycles. The summed E-state index contributed by atoms with van der Waals surface area (Å²) in [7, 11) is 0. The van der Waals surface area contributed by atoms with Gasteiger partial charge in [0.25, 0.3) is 0 Å². The number of nitrogens with zero attached hydrogens (tertiary/aromatic N) is 1. The van der Waals surface area contributed by atoms with E-state index in [0.717, 1.165) is 19.1 Å². The highest BCUT2D eigenvalue weighted by Gasteiger charge is 2.19. The molecule has 1 fully saturated rings. The second-order valence-corrected chi connectivity index (χ2v) is 5.62. The molecule has 0 saturated heterocycles. The van der Waals surface area contributed by atoms with Crippen molar-refractivity contribution in [3.05, 3.63) is 28.8 Å². The van der Waals surface area contributed by atoms with E-state index in [9.17, 15) is 0 Å². The molecule has 0 bridgehead atoms. The second kappa shape index (κ2) is 6.44. The number of nitrogen functional groups attached to an aromatic ring is 1. The maximum absolute atomic E-state index is 6.08. The predicted octanol–water partition coefficient (Wildman–Crippen LogP) is 4.08. The molecule has 0 heterocycles. The summed E-state index contributed by atoms with van der Waals surface area (Å²) in [5, 5.41) is 0.673. The third-order valence-electron chi connectivity index (χ3n) is 3.95. The molecule has 0 aliphatic heterocycles. The van der Waals surface area contributed by atoms with Crippen molar-refractivity contribution in [2.75, 3.05) is 12.3 Å². The van der Waals surface area contributed by atoms with Crippen LogP contribution in [0.3, 0.4) is 0 Å². The normalized spacial score (nSPS) is 17.3. The van der Waals surface area contributed by atoms with Gasteiger partial charge in [0, 0.05) is 12.6 Å². The molecule has 0 radical (unpaired) electrons. The van der Waals surface area contributed by atoms with Crippen molar-refractivity contribution in [1.82, 2.24) is 4.90 Å². The lowest BCUT2D eigenvalue weighted by molar-refractivity contribution is 0.156. The number of hydrogen-bond acceptors (Lipinski definition) is 2. The minimum Gasteiger partial charge on any atom is -0.398 e. The van der Waals surface area contributed by atoms with Gasteiger partial charge in [0.1, 0.15) is 0 Å². The lowest BCUT2D eigenvalue weighted by Crippen LogP contribution is -2.36. The topological polar surface area (TPSA) is 29.3 Å². The summed E-state index contributed by atoms with van der Waals surface area (Å²) >= 11 is 6.08. The first-order valence-corrected chi connectivity index (χ1v) is 7.36. The first kappa shape index (κ1) is 13.7. The molecular formula is C15H23ClN2. The Morgan fingerprint density at radius 1 is 1.28 bits per heavy atom. The molecule has 3 heteroatoms. The molecule has 2 N–H and O–H groups in total. The van der Waals surface area contributed by atoms with E-state index in [2.05, 4.69) is 17.9 Å². The predicted molar refractivity (Wildman–Crippen MR) is 78.8 cm³/mol. The summed E-state index contributed by atoms with van der Waals surface area (Å²) in [6, 6.07) is 6.75. The maximum atomic E-state index is 6.08. The van der Waals surface area contributed by atoms with E-state index in [1.54, 1.807) is 0 Å². The lowest BCUT2D eigenvalue weighted by atomic mass is 9.94. The smallest absolute Gasteiger partial charge is 0.0638 e. The van der Waals surface area contributed by atoms with Gasteiger partial charge in [-0.1, -0.05) is 43.9 Å². The van der Waals surface area contributed by atoms with Crippen LogP contribution in [0.5, 0.6) is 0 Å². The molecule has 1 aliphatic carbocycles. The molecule has 2 rings (SSSR count). The SMILES string of the molecule is CCN(Cc1ccc(N)c(Cl)c1)C1CCCCC1. The lowest BCUT2D eigenvalue weighted by Gasteiger charge is -2.33. The van der Waals surface area contributed by atoms with Gasteiger partial charge < -0.3 is 5.73 Å². The summed E-state index contributed by atoms with van der Waals surface area (Å²) in [5.41, 5.74) is 7.68. The fraction of sp³-hybridized carbons (Fsp3) is 0.600. The average molecular weight is 267 g/mol. The van der Waals surface area contributed by atoms with Gasteiger partial charge in [-0.05, 0) is 37.1 Å². The van der Waals surface area contributed by atoms with Crippen molar-refractivity contribution in [1.29, 1.82) is 0 Å². The molecule has 0 atom stereocenters. The zero-order valence-electron chi connectivity index (χ0n) is 11.2. The van der Waals surface area contributed by atoms with E-state index < -0.39 is 0 Å². The molecule has 0 spiro atoms. The fourth-order valence-electron chi connectivity index (χ4n) is 2.85. The Morgan fingerprint density at radius 3 is 2.61 bits per heavy atom. The number of benzene rings is 1. The molecule has 1 aromatic rings. The van der Waals surface area contributed by atoms with E-state index in [-0.39, 0.29) is 0 Å². The van der Waals surface area contributed by atoms with Gasteiger partial charge in [0.05, 0.1) is 10.7 Å². The molecule has 2 nitrogen and oxygen atoms in total. The molecule has 0 unspecified atom stereocenters. The number of hydrogen-bond donors (Lipinski definition) is 1. The second-order valence-electron chi connectivity index (χ2n) is 5.21. The van der Waals surface area contributed by atoms with E-state index >= 15 is 0 Å². The highest BCUT2D eigenvalue weighted by Crippen LogP contribution is 2.25. The van der Waals surface area contributed by atoms with Crippen LogP contribution in [0.15, 0.2) is 18.2 Å². The molecular weight excluding hydrogens is 244 g/mol. The summed E-state index contributed by atoms with van der Waals surface area (Å²) < 4.78 is 0. The summed E-state index contributed by atoms with van der Waals surface area (Å²) in [5.74, 6) is 0. The summed E-state index contributed by atoms with van der Waals surface area (Å²) in [4.78, 5) is 2.57. The zero-order valence-corrected chi connectivity index (χ0v) is 11.9. The zero-order chi connectivity index (χ0) is 13.0. The fourth-order valence-corrected chi connectivity index (χ4v) is 3.05.